The van der Waals surface area contributed by atoms with Crippen LogP contribution in [0, 0.1) is 26.6 Å². The molecular formula is C18H25FN4S. The number of halogens is 1. The molecular weight excluding hydrogens is 323 g/mol. The van der Waals surface area contributed by atoms with E-state index in [1.807, 2.05) is 26.8 Å². The third kappa shape index (κ3) is 4.77. The Bertz CT molecular complexity index is 724. The summed E-state index contributed by atoms with van der Waals surface area (Å²) >= 11 is 1.73. The number of thiazole rings is 1. The summed E-state index contributed by atoms with van der Waals surface area (Å²) in [5.74, 6) is 0.530. The van der Waals surface area contributed by atoms with Crippen LogP contribution in [0.5, 0.6) is 0 Å². The van der Waals surface area contributed by atoms with Crippen molar-refractivity contribution >= 4 is 17.3 Å². The van der Waals surface area contributed by atoms with Crippen molar-refractivity contribution < 1.29 is 4.39 Å². The number of aryl methyl sites for hydroxylation is 3. The Hall–Kier alpha value is -1.95. The fourth-order valence-electron chi connectivity index (χ4n) is 2.46. The highest BCUT2D eigenvalue weighted by molar-refractivity contribution is 7.11. The number of aromatic nitrogens is 1. The van der Waals surface area contributed by atoms with Crippen molar-refractivity contribution in [2.45, 2.75) is 40.2 Å². The molecule has 1 aromatic heterocycles. The van der Waals surface area contributed by atoms with Gasteiger partial charge in [-0.05, 0) is 44.9 Å². The van der Waals surface area contributed by atoms with Crippen LogP contribution in [0.1, 0.15) is 39.7 Å². The first-order valence-electron chi connectivity index (χ1n) is 8.07. The maximum absolute atomic E-state index is 13.7. The zero-order valence-corrected chi connectivity index (χ0v) is 15.7. The molecule has 2 aromatic rings. The van der Waals surface area contributed by atoms with Gasteiger partial charge >= 0.3 is 0 Å². The average molecular weight is 348 g/mol. The van der Waals surface area contributed by atoms with E-state index in [1.165, 1.54) is 4.88 Å². The zero-order chi connectivity index (χ0) is 17.7. The van der Waals surface area contributed by atoms with Crippen LogP contribution in [0.15, 0.2) is 23.2 Å². The van der Waals surface area contributed by atoms with E-state index in [0.29, 0.717) is 11.5 Å². The largest absolute Gasteiger partial charge is 0.356 e. The van der Waals surface area contributed by atoms with Crippen LogP contribution in [-0.2, 0) is 6.42 Å². The van der Waals surface area contributed by atoms with E-state index in [-0.39, 0.29) is 11.9 Å². The Balaban J connectivity index is 1.89. The first kappa shape index (κ1) is 18.4. The summed E-state index contributed by atoms with van der Waals surface area (Å²) in [6.45, 7) is 8.60. The summed E-state index contributed by atoms with van der Waals surface area (Å²) in [5.41, 5.74) is 2.66. The van der Waals surface area contributed by atoms with Crippen LogP contribution in [0.2, 0.25) is 0 Å². The van der Waals surface area contributed by atoms with Crippen molar-refractivity contribution in [1.82, 2.24) is 15.6 Å². The normalized spacial score (nSPS) is 13.0. The summed E-state index contributed by atoms with van der Waals surface area (Å²) in [4.78, 5) is 9.98. The van der Waals surface area contributed by atoms with Gasteiger partial charge in [-0.25, -0.2) is 9.37 Å². The second kappa shape index (κ2) is 8.24. The number of aliphatic imine (C=N–C) groups is 1. The summed E-state index contributed by atoms with van der Waals surface area (Å²) in [7, 11) is 1.74. The molecule has 130 valence electrons. The van der Waals surface area contributed by atoms with Crippen molar-refractivity contribution in [3.05, 3.63) is 50.7 Å². The summed E-state index contributed by atoms with van der Waals surface area (Å²) in [6, 6.07) is 5.28. The molecule has 6 heteroatoms. The van der Waals surface area contributed by atoms with Gasteiger partial charge < -0.3 is 10.6 Å². The first-order chi connectivity index (χ1) is 11.4. The Kier molecular flexibility index (Phi) is 6.31. The standard InChI is InChI=1S/C18H25FN4S/c1-11-6-7-15(10-16(11)19)12(2)23-18(20-5)21-9-8-17-13(3)22-14(4)24-17/h6-7,10,12H,8-9H2,1-5H3,(H2,20,21,23). The fraction of sp³-hybridized carbons (Fsp3) is 0.444. The highest BCUT2D eigenvalue weighted by Crippen LogP contribution is 2.17. The third-order valence-corrected chi connectivity index (χ3v) is 5.05. The number of nitrogens with zero attached hydrogens (tertiary/aromatic N) is 2. The van der Waals surface area contributed by atoms with E-state index in [2.05, 4.69) is 20.6 Å². The van der Waals surface area contributed by atoms with Crippen molar-refractivity contribution in [2.75, 3.05) is 13.6 Å². The van der Waals surface area contributed by atoms with Crippen molar-refractivity contribution in [1.29, 1.82) is 0 Å². The van der Waals surface area contributed by atoms with Gasteiger partial charge in [-0.2, -0.15) is 0 Å². The Morgan fingerprint density at radius 1 is 1.33 bits per heavy atom. The highest BCUT2D eigenvalue weighted by Gasteiger charge is 2.10. The third-order valence-electron chi connectivity index (χ3n) is 3.92. The van der Waals surface area contributed by atoms with Gasteiger partial charge in [-0.1, -0.05) is 12.1 Å². The lowest BCUT2D eigenvalue weighted by Crippen LogP contribution is -2.39. The molecule has 4 nitrogen and oxygen atoms in total. The smallest absolute Gasteiger partial charge is 0.191 e. The second-order valence-corrected chi connectivity index (χ2v) is 7.15. The van der Waals surface area contributed by atoms with E-state index >= 15 is 0 Å². The molecule has 0 amide bonds. The molecule has 1 aromatic carbocycles. The van der Waals surface area contributed by atoms with E-state index in [0.717, 1.165) is 29.2 Å². The number of benzene rings is 1. The summed E-state index contributed by atoms with van der Waals surface area (Å²) < 4.78 is 13.7. The molecule has 0 saturated heterocycles. The van der Waals surface area contributed by atoms with Crippen LogP contribution >= 0.6 is 11.3 Å². The molecule has 0 spiro atoms. The molecule has 0 radical (unpaired) electrons. The number of nitrogens with one attached hydrogen (secondary N) is 2. The summed E-state index contributed by atoms with van der Waals surface area (Å²) in [5, 5.41) is 7.70. The van der Waals surface area contributed by atoms with Crippen LogP contribution < -0.4 is 10.6 Å². The maximum atomic E-state index is 13.7. The van der Waals surface area contributed by atoms with Gasteiger partial charge in [-0.3, -0.25) is 4.99 Å². The first-order valence-corrected chi connectivity index (χ1v) is 8.88. The number of hydrogen-bond acceptors (Lipinski definition) is 3. The predicted octanol–water partition coefficient (Wildman–Crippen LogP) is 3.68. The lowest BCUT2D eigenvalue weighted by atomic mass is 10.1. The molecule has 1 atom stereocenters. The van der Waals surface area contributed by atoms with Gasteiger partial charge in [0.1, 0.15) is 5.82 Å². The molecule has 1 unspecified atom stereocenters. The number of hydrogen-bond donors (Lipinski definition) is 2. The second-order valence-electron chi connectivity index (χ2n) is 5.87. The predicted molar refractivity (Wildman–Crippen MR) is 99.3 cm³/mol. The minimum absolute atomic E-state index is 0.0290. The van der Waals surface area contributed by atoms with Crippen LogP contribution in [0.25, 0.3) is 0 Å². The lowest BCUT2D eigenvalue weighted by Gasteiger charge is -2.18. The van der Waals surface area contributed by atoms with Gasteiger partial charge in [0.15, 0.2) is 5.96 Å². The van der Waals surface area contributed by atoms with Gasteiger partial charge in [0.05, 0.1) is 16.7 Å². The van der Waals surface area contributed by atoms with Crippen molar-refractivity contribution in [2.24, 2.45) is 4.99 Å². The van der Waals surface area contributed by atoms with Gasteiger partial charge in [0.2, 0.25) is 0 Å². The lowest BCUT2D eigenvalue weighted by molar-refractivity contribution is 0.607. The van der Waals surface area contributed by atoms with Gasteiger partial charge in [-0.15, -0.1) is 11.3 Å². The minimum atomic E-state index is -0.180. The van der Waals surface area contributed by atoms with E-state index in [9.17, 15) is 4.39 Å². The van der Waals surface area contributed by atoms with Crippen LogP contribution in [0.3, 0.4) is 0 Å². The van der Waals surface area contributed by atoms with Crippen LogP contribution in [0.4, 0.5) is 4.39 Å². The van der Waals surface area contributed by atoms with Gasteiger partial charge in [0.25, 0.3) is 0 Å². The molecule has 0 bridgehead atoms. The molecule has 2 rings (SSSR count). The molecule has 2 N–H and O–H groups in total. The van der Waals surface area contributed by atoms with Gasteiger partial charge in [0, 0.05) is 24.9 Å². The zero-order valence-electron chi connectivity index (χ0n) is 14.9. The van der Waals surface area contributed by atoms with E-state index < -0.39 is 0 Å². The van der Waals surface area contributed by atoms with E-state index in [4.69, 9.17) is 0 Å². The molecule has 0 aliphatic heterocycles. The minimum Gasteiger partial charge on any atom is -0.356 e. The Morgan fingerprint density at radius 3 is 2.67 bits per heavy atom. The highest BCUT2D eigenvalue weighted by atomic mass is 32.1. The monoisotopic (exact) mass is 348 g/mol. The SMILES string of the molecule is CN=C(NCCc1sc(C)nc1C)NC(C)c1ccc(C)c(F)c1. The van der Waals surface area contributed by atoms with E-state index in [1.54, 1.807) is 37.4 Å². The molecule has 0 saturated carbocycles. The maximum Gasteiger partial charge on any atom is 0.191 e. The molecule has 1 heterocycles. The number of guanidine groups is 1. The van der Waals surface area contributed by atoms with Crippen LogP contribution in [-0.4, -0.2) is 24.5 Å². The quantitative estimate of drug-likeness (QED) is 0.640. The fourth-order valence-corrected chi connectivity index (χ4v) is 3.40. The molecule has 0 aliphatic carbocycles. The van der Waals surface area contributed by atoms with Crippen molar-refractivity contribution in [3.8, 4) is 0 Å². The topological polar surface area (TPSA) is 49.3 Å². The molecule has 24 heavy (non-hydrogen) atoms. The Morgan fingerprint density at radius 2 is 2.08 bits per heavy atom. The summed E-state index contributed by atoms with van der Waals surface area (Å²) in [6.07, 6.45) is 0.908. The Labute approximate surface area is 147 Å². The number of rotatable bonds is 5. The molecule has 0 aliphatic rings. The van der Waals surface area contributed by atoms with Crippen molar-refractivity contribution in [3.63, 3.8) is 0 Å². The molecule has 0 fully saturated rings. The average Bonchev–Trinajstić information content (AvgIpc) is 2.86.